The molecular formula is C29H25N3O3. The first-order chi connectivity index (χ1) is 16.8. The molecule has 3 heterocycles. The lowest BCUT2D eigenvalue weighted by atomic mass is 10.00. The van der Waals surface area contributed by atoms with Crippen molar-refractivity contribution in [2.75, 3.05) is 0 Å². The van der Waals surface area contributed by atoms with Gasteiger partial charge in [-0.15, -0.1) is 0 Å². The van der Waals surface area contributed by atoms with Crippen molar-refractivity contribution in [1.82, 2.24) is 14.1 Å². The molecule has 0 unspecified atom stereocenters. The SMILES string of the molecule is Cc1cc(-c2ccc3c(-c4ccc(C(=O)O)cc4)cn([C@@H](C)c4ccccn4)c3c2)cn(C)c1=O. The minimum absolute atomic E-state index is 0.00549. The standard InChI is InChI=1S/C29H25N3O3/c1-18-14-23(16-31(3)28(18)33)22-11-12-24-25(20-7-9-21(10-8-20)29(34)35)17-32(27(24)15-22)19(2)26-6-4-5-13-30-26/h4-17,19H,1-3H3,(H,34,35)/t19-/m0/s1. The summed E-state index contributed by atoms with van der Waals surface area (Å²) in [6.07, 6.45) is 5.76. The van der Waals surface area contributed by atoms with Gasteiger partial charge in [0.15, 0.2) is 0 Å². The highest BCUT2D eigenvalue weighted by atomic mass is 16.4. The minimum Gasteiger partial charge on any atom is -0.478 e. The number of hydrogen-bond acceptors (Lipinski definition) is 3. The monoisotopic (exact) mass is 463 g/mol. The van der Waals surface area contributed by atoms with Crippen molar-refractivity contribution < 1.29 is 9.90 Å². The number of nitrogens with zero attached hydrogens (tertiary/aromatic N) is 3. The Balaban J connectivity index is 1.72. The van der Waals surface area contributed by atoms with Crippen LogP contribution in [0.1, 0.15) is 34.6 Å². The van der Waals surface area contributed by atoms with Gasteiger partial charge in [0, 0.05) is 47.7 Å². The highest BCUT2D eigenvalue weighted by Crippen LogP contribution is 2.36. The molecule has 6 heteroatoms. The number of carboxylic acid groups (broad SMARTS) is 1. The average Bonchev–Trinajstić information content (AvgIpc) is 3.26. The molecule has 0 aliphatic heterocycles. The van der Waals surface area contributed by atoms with Crippen LogP contribution in [0.5, 0.6) is 0 Å². The number of carboxylic acids is 1. The number of hydrogen-bond donors (Lipinski definition) is 1. The van der Waals surface area contributed by atoms with Gasteiger partial charge in [-0.1, -0.05) is 30.3 Å². The number of aryl methyl sites for hydroxylation is 2. The summed E-state index contributed by atoms with van der Waals surface area (Å²) >= 11 is 0. The van der Waals surface area contributed by atoms with Gasteiger partial charge >= 0.3 is 5.97 Å². The van der Waals surface area contributed by atoms with E-state index in [4.69, 9.17) is 0 Å². The number of pyridine rings is 2. The maximum absolute atomic E-state index is 12.2. The van der Waals surface area contributed by atoms with E-state index in [1.807, 2.05) is 49.5 Å². The van der Waals surface area contributed by atoms with Crippen molar-refractivity contribution in [3.63, 3.8) is 0 Å². The highest BCUT2D eigenvalue weighted by Gasteiger charge is 2.18. The Labute approximate surface area is 202 Å². The second-order valence-electron chi connectivity index (χ2n) is 8.82. The number of rotatable bonds is 5. The molecule has 0 radical (unpaired) electrons. The predicted octanol–water partition coefficient (Wildman–Crippen LogP) is 5.68. The van der Waals surface area contributed by atoms with E-state index in [-0.39, 0.29) is 17.2 Å². The Bertz CT molecular complexity index is 1590. The summed E-state index contributed by atoms with van der Waals surface area (Å²) in [6, 6.07) is 21.0. The van der Waals surface area contributed by atoms with Gasteiger partial charge in [0.05, 0.1) is 17.3 Å². The number of carbonyl (C=O) groups is 1. The van der Waals surface area contributed by atoms with E-state index in [0.717, 1.165) is 38.9 Å². The smallest absolute Gasteiger partial charge is 0.335 e. The van der Waals surface area contributed by atoms with Gasteiger partial charge in [0.25, 0.3) is 5.56 Å². The summed E-state index contributed by atoms with van der Waals surface area (Å²) in [7, 11) is 1.77. The molecule has 0 bridgehead atoms. The summed E-state index contributed by atoms with van der Waals surface area (Å²) in [5.74, 6) is -0.944. The largest absolute Gasteiger partial charge is 0.478 e. The van der Waals surface area contributed by atoms with Crippen LogP contribution in [0.4, 0.5) is 0 Å². The fourth-order valence-electron chi connectivity index (χ4n) is 4.57. The van der Waals surface area contributed by atoms with Crippen LogP contribution in [0, 0.1) is 6.92 Å². The number of fused-ring (bicyclic) bond motifs is 1. The molecule has 2 aromatic carbocycles. The Hall–Kier alpha value is -4.45. The van der Waals surface area contributed by atoms with Crippen molar-refractivity contribution in [3.05, 3.63) is 112 Å². The fourth-order valence-corrected chi connectivity index (χ4v) is 4.57. The molecule has 3 aromatic heterocycles. The highest BCUT2D eigenvalue weighted by molar-refractivity contribution is 5.99. The quantitative estimate of drug-likeness (QED) is 0.364. The van der Waals surface area contributed by atoms with Gasteiger partial charge in [-0.3, -0.25) is 9.78 Å². The van der Waals surface area contributed by atoms with E-state index in [0.29, 0.717) is 5.56 Å². The van der Waals surface area contributed by atoms with Crippen LogP contribution < -0.4 is 5.56 Å². The average molecular weight is 464 g/mol. The zero-order valence-electron chi connectivity index (χ0n) is 19.8. The number of aromatic carboxylic acids is 1. The normalized spacial score (nSPS) is 12.1. The first kappa shape index (κ1) is 22.3. The van der Waals surface area contributed by atoms with Crippen LogP contribution in [0.15, 0.2) is 90.1 Å². The molecule has 0 aliphatic carbocycles. The zero-order valence-corrected chi connectivity index (χ0v) is 19.8. The molecule has 0 fully saturated rings. The van der Waals surface area contributed by atoms with E-state index in [2.05, 4.69) is 40.9 Å². The second-order valence-corrected chi connectivity index (χ2v) is 8.82. The molecular weight excluding hydrogens is 438 g/mol. The summed E-state index contributed by atoms with van der Waals surface area (Å²) < 4.78 is 3.82. The third kappa shape index (κ3) is 4.04. The van der Waals surface area contributed by atoms with Gasteiger partial charge in [-0.25, -0.2) is 4.79 Å². The van der Waals surface area contributed by atoms with Crippen molar-refractivity contribution in [2.24, 2.45) is 7.05 Å². The van der Waals surface area contributed by atoms with Gasteiger partial charge in [-0.2, -0.15) is 0 Å². The van der Waals surface area contributed by atoms with Crippen LogP contribution in [0.25, 0.3) is 33.2 Å². The molecule has 0 aliphatic rings. The molecule has 5 rings (SSSR count). The zero-order chi connectivity index (χ0) is 24.7. The van der Waals surface area contributed by atoms with Gasteiger partial charge in [0.2, 0.25) is 0 Å². The molecule has 0 amide bonds. The molecule has 174 valence electrons. The van der Waals surface area contributed by atoms with Crippen LogP contribution in [-0.2, 0) is 7.05 Å². The maximum atomic E-state index is 12.2. The van der Waals surface area contributed by atoms with Crippen LogP contribution in [0.2, 0.25) is 0 Å². The van der Waals surface area contributed by atoms with Crippen molar-refractivity contribution in [3.8, 4) is 22.3 Å². The van der Waals surface area contributed by atoms with Crippen LogP contribution >= 0.6 is 0 Å². The molecule has 35 heavy (non-hydrogen) atoms. The van der Waals surface area contributed by atoms with Crippen molar-refractivity contribution in [1.29, 1.82) is 0 Å². The van der Waals surface area contributed by atoms with E-state index < -0.39 is 5.97 Å². The lowest BCUT2D eigenvalue weighted by Gasteiger charge is -2.15. The second kappa shape index (κ2) is 8.72. The minimum atomic E-state index is -0.944. The van der Waals surface area contributed by atoms with E-state index in [1.54, 1.807) is 29.9 Å². The Morgan fingerprint density at radius 1 is 0.943 bits per heavy atom. The van der Waals surface area contributed by atoms with E-state index in [1.165, 1.54) is 0 Å². The molecule has 6 nitrogen and oxygen atoms in total. The Kier molecular flexibility index (Phi) is 5.57. The van der Waals surface area contributed by atoms with Crippen LogP contribution in [-0.4, -0.2) is 25.2 Å². The molecule has 5 aromatic rings. The van der Waals surface area contributed by atoms with E-state index in [9.17, 15) is 14.7 Å². The fraction of sp³-hybridized carbons (Fsp3) is 0.138. The molecule has 0 saturated carbocycles. The first-order valence-electron chi connectivity index (χ1n) is 11.4. The predicted molar refractivity (Wildman–Crippen MR) is 138 cm³/mol. The third-order valence-corrected chi connectivity index (χ3v) is 6.51. The van der Waals surface area contributed by atoms with Crippen LogP contribution in [0.3, 0.4) is 0 Å². The topological polar surface area (TPSA) is 77.1 Å². The van der Waals surface area contributed by atoms with Gasteiger partial charge in [-0.05, 0) is 66.9 Å². The third-order valence-electron chi connectivity index (χ3n) is 6.51. The molecule has 0 spiro atoms. The van der Waals surface area contributed by atoms with Gasteiger partial charge in [0.1, 0.15) is 0 Å². The van der Waals surface area contributed by atoms with Crippen molar-refractivity contribution >= 4 is 16.9 Å². The Morgan fingerprint density at radius 2 is 1.69 bits per heavy atom. The lowest BCUT2D eigenvalue weighted by molar-refractivity contribution is 0.0697. The van der Waals surface area contributed by atoms with E-state index >= 15 is 0 Å². The lowest BCUT2D eigenvalue weighted by Crippen LogP contribution is -2.18. The molecule has 0 saturated heterocycles. The maximum Gasteiger partial charge on any atom is 0.335 e. The number of benzene rings is 2. The summed E-state index contributed by atoms with van der Waals surface area (Å²) in [5.41, 5.74) is 6.86. The van der Waals surface area contributed by atoms with Crippen molar-refractivity contribution in [2.45, 2.75) is 19.9 Å². The summed E-state index contributed by atoms with van der Waals surface area (Å²) in [5, 5.41) is 10.3. The Morgan fingerprint density at radius 3 is 2.34 bits per heavy atom. The molecule has 1 N–H and O–H groups in total. The first-order valence-corrected chi connectivity index (χ1v) is 11.4. The molecule has 1 atom stereocenters. The summed E-state index contributed by atoms with van der Waals surface area (Å²) in [4.78, 5) is 28.1. The van der Waals surface area contributed by atoms with Gasteiger partial charge < -0.3 is 14.2 Å². The summed E-state index contributed by atoms with van der Waals surface area (Å²) in [6.45, 7) is 3.94. The number of aromatic nitrogens is 3.